The molecule has 0 spiro atoms. The Hall–Kier alpha value is -1.79. The maximum atomic E-state index is 12.3. The fraction of sp³-hybridized carbons (Fsp3) is 0.556. The number of rotatable bonds is 3. The summed E-state index contributed by atoms with van der Waals surface area (Å²) in [7, 11) is 0. The third kappa shape index (κ3) is 5.09. The van der Waals surface area contributed by atoms with Crippen molar-refractivity contribution in [3.05, 3.63) is 35.4 Å². The highest BCUT2D eigenvalue weighted by Crippen LogP contribution is 2.18. The number of amides is 3. The van der Waals surface area contributed by atoms with Crippen LogP contribution in [0.2, 0.25) is 0 Å². The molecule has 2 atom stereocenters. The molecule has 1 fully saturated rings. The number of carbonyl (C=O) groups excluding carboxylic acids is 2. The number of piperidine rings is 1. The molecule has 2 unspecified atom stereocenters. The lowest BCUT2D eigenvalue weighted by Gasteiger charge is -2.31. The van der Waals surface area contributed by atoms with Crippen LogP contribution < -0.4 is 16.0 Å². The third-order valence-electron chi connectivity index (χ3n) is 4.99. The van der Waals surface area contributed by atoms with Crippen LogP contribution in [0.15, 0.2) is 24.3 Å². The van der Waals surface area contributed by atoms with Gasteiger partial charge in [-0.15, -0.1) is 12.4 Å². The highest BCUT2D eigenvalue weighted by Gasteiger charge is 2.24. The Labute approximate surface area is 155 Å². The van der Waals surface area contributed by atoms with Crippen LogP contribution in [0.25, 0.3) is 0 Å². The van der Waals surface area contributed by atoms with E-state index in [2.05, 4.69) is 35.0 Å². The first-order valence-electron chi connectivity index (χ1n) is 8.73. The first-order chi connectivity index (χ1) is 11.6. The van der Waals surface area contributed by atoms with E-state index in [0.29, 0.717) is 19.0 Å². The zero-order valence-corrected chi connectivity index (χ0v) is 15.4. The fourth-order valence-corrected chi connectivity index (χ4v) is 3.38. The second kappa shape index (κ2) is 9.06. The van der Waals surface area contributed by atoms with E-state index in [1.54, 1.807) is 4.90 Å². The smallest absolute Gasteiger partial charge is 0.318 e. The second-order valence-electron chi connectivity index (χ2n) is 6.74. The van der Waals surface area contributed by atoms with Gasteiger partial charge >= 0.3 is 6.03 Å². The molecule has 138 valence electrons. The van der Waals surface area contributed by atoms with Crippen molar-refractivity contribution in [3.8, 4) is 0 Å². The number of urea groups is 1. The van der Waals surface area contributed by atoms with Crippen molar-refractivity contribution in [3.63, 3.8) is 0 Å². The van der Waals surface area contributed by atoms with E-state index in [1.807, 2.05) is 12.1 Å². The molecule has 2 aliphatic heterocycles. The van der Waals surface area contributed by atoms with E-state index < -0.39 is 0 Å². The first-order valence-corrected chi connectivity index (χ1v) is 8.73. The summed E-state index contributed by atoms with van der Waals surface area (Å²) in [5.41, 5.74) is 2.49. The summed E-state index contributed by atoms with van der Waals surface area (Å²) >= 11 is 0. The van der Waals surface area contributed by atoms with Crippen LogP contribution in [0.1, 0.15) is 24.5 Å². The number of fused-ring (bicyclic) bond motifs is 1. The molecule has 0 aliphatic carbocycles. The molecule has 7 heteroatoms. The van der Waals surface area contributed by atoms with Gasteiger partial charge in [0.1, 0.15) is 0 Å². The summed E-state index contributed by atoms with van der Waals surface area (Å²) in [4.78, 5) is 26.1. The Morgan fingerprint density at radius 1 is 1.28 bits per heavy atom. The number of hydrogen-bond donors (Lipinski definition) is 3. The lowest BCUT2D eigenvalue weighted by molar-refractivity contribution is -0.121. The third-order valence-corrected chi connectivity index (χ3v) is 4.99. The number of benzene rings is 1. The van der Waals surface area contributed by atoms with Gasteiger partial charge in [-0.2, -0.15) is 0 Å². The lowest BCUT2D eigenvalue weighted by atomic mass is 9.95. The molecule has 0 aromatic heterocycles. The van der Waals surface area contributed by atoms with Crippen LogP contribution in [0.5, 0.6) is 0 Å². The molecule has 6 nitrogen and oxygen atoms in total. The molecule has 1 saturated heterocycles. The Bertz CT molecular complexity index is 610. The Balaban J connectivity index is 0.00000225. The van der Waals surface area contributed by atoms with Crippen LogP contribution in [0.3, 0.4) is 0 Å². The highest BCUT2D eigenvalue weighted by atomic mass is 35.5. The summed E-state index contributed by atoms with van der Waals surface area (Å²) < 4.78 is 0. The van der Waals surface area contributed by atoms with Gasteiger partial charge in [-0.1, -0.05) is 31.2 Å². The molecule has 0 radical (unpaired) electrons. The van der Waals surface area contributed by atoms with Gasteiger partial charge in [-0.05, 0) is 36.4 Å². The standard InChI is InChI=1S/C18H26N4O2.ClH/c1-13-6-8-19-10-16(13)21-17(23)11-20-18(24)22-9-7-14-4-2-3-5-15(14)12-22;/h2-5,13,16,19H,6-12H2,1H3,(H,20,24)(H,21,23);1H. The topological polar surface area (TPSA) is 73.5 Å². The number of nitrogens with zero attached hydrogens (tertiary/aromatic N) is 1. The van der Waals surface area contributed by atoms with E-state index in [9.17, 15) is 9.59 Å². The second-order valence-corrected chi connectivity index (χ2v) is 6.74. The zero-order chi connectivity index (χ0) is 16.9. The van der Waals surface area contributed by atoms with Crippen molar-refractivity contribution < 1.29 is 9.59 Å². The van der Waals surface area contributed by atoms with Crippen molar-refractivity contribution in [2.45, 2.75) is 32.4 Å². The van der Waals surface area contributed by atoms with Gasteiger partial charge in [0.25, 0.3) is 0 Å². The number of nitrogens with one attached hydrogen (secondary N) is 3. The average molecular weight is 367 g/mol. The van der Waals surface area contributed by atoms with Crippen LogP contribution in [0.4, 0.5) is 4.79 Å². The number of halogens is 1. The Kier molecular flexibility index (Phi) is 7.08. The van der Waals surface area contributed by atoms with Gasteiger partial charge in [0.05, 0.1) is 6.54 Å². The Morgan fingerprint density at radius 2 is 2.04 bits per heavy atom. The van der Waals surface area contributed by atoms with Gasteiger partial charge in [0.15, 0.2) is 0 Å². The quantitative estimate of drug-likeness (QED) is 0.754. The van der Waals surface area contributed by atoms with Crippen molar-refractivity contribution in [1.29, 1.82) is 0 Å². The number of carbonyl (C=O) groups is 2. The van der Waals surface area contributed by atoms with Gasteiger partial charge in [0, 0.05) is 25.7 Å². The molecule has 0 bridgehead atoms. The zero-order valence-electron chi connectivity index (χ0n) is 14.6. The summed E-state index contributed by atoms with van der Waals surface area (Å²) in [6, 6.07) is 8.16. The maximum absolute atomic E-state index is 12.3. The molecular weight excluding hydrogens is 340 g/mol. The summed E-state index contributed by atoms with van der Waals surface area (Å²) in [5.74, 6) is 0.339. The van der Waals surface area contributed by atoms with Crippen LogP contribution >= 0.6 is 12.4 Å². The van der Waals surface area contributed by atoms with Crippen molar-refractivity contribution >= 4 is 24.3 Å². The minimum atomic E-state index is -0.172. The van der Waals surface area contributed by atoms with E-state index in [0.717, 1.165) is 25.9 Å². The van der Waals surface area contributed by atoms with Crippen molar-refractivity contribution in [1.82, 2.24) is 20.9 Å². The molecule has 3 rings (SSSR count). The molecule has 1 aromatic carbocycles. The minimum Gasteiger partial charge on any atom is -0.350 e. The monoisotopic (exact) mass is 366 g/mol. The van der Waals surface area contributed by atoms with E-state index in [1.165, 1.54) is 11.1 Å². The first kappa shape index (κ1) is 19.5. The predicted octanol–water partition coefficient (Wildman–Crippen LogP) is 1.29. The van der Waals surface area contributed by atoms with Gasteiger partial charge < -0.3 is 20.9 Å². The molecule has 3 amide bonds. The normalized spacial score (nSPS) is 22.4. The molecule has 2 heterocycles. The molecule has 25 heavy (non-hydrogen) atoms. The van der Waals surface area contributed by atoms with Crippen LogP contribution in [0, 0.1) is 5.92 Å². The van der Waals surface area contributed by atoms with Gasteiger partial charge in [0.2, 0.25) is 5.91 Å². The summed E-state index contributed by atoms with van der Waals surface area (Å²) in [6.07, 6.45) is 1.92. The highest BCUT2D eigenvalue weighted by molar-refractivity contribution is 5.85. The summed E-state index contributed by atoms with van der Waals surface area (Å²) in [5, 5.41) is 9.04. The van der Waals surface area contributed by atoms with Gasteiger partial charge in [-0.3, -0.25) is 4.79 Å². The Morgan fingerprint density at radius 3 is 2.80 bits per heavy atom. The predicted molar refractivity (Wildman–Crippen MR) is 99.8 cm³/mol. The van der Waals surface area contributed by atoms with Gasteiger partial charge in [-0.25, -0.2) is 4.79 Å². The van der Waals surface area contributed by atoms with Crippen LogP contribution in [-0.4, -0.2) is 49.1 Å². The maximum Gasteiger partial charge on any atom is 0.318 e. The SMILES string of the molecule is CC1CCNCC1NC(=O)CNC(=O)N1CCc2ccccc2C1.Cl. The van der Waals surface area contributed by atoms with Crippen LogP contribution in [-0.2, 0) is 17.8 Å². The van der Waals surface area contributed by atoms with Crippen molar-refractivity contribution in [2.75, 3.05) is 26.2 Å². The molecular formula is C18H27ClN4O2. The molecule has 2 aliphatic rings. The van der Waals surface area contributed by atoms with E-state index >= 15 is 0 Å². The summed E-state index contributed by atoms with van der Waals surface area (Å²) in [6.45, 7) is 5.27. The average Bonchev–Trinajstić information content (AvgIpc) is 2.61. The van der Waals surface area contributed by atoms with E-state index in [-0.39, 0.29) is 36.9 Å². The van der Waals surface area contributed by atoms with E-state index in [4.69, 9.17) is 0 Å². The van der Waals surface area contributed by atoms with Crippen molar-refractivity contribution in [2.24, 2.45) is 5.92 Å². The molecule has 3 N–H and O–H groups in total. The number of hydrogen-bond acceptors (Lipinski definition) is 3. The fourth-order valence-electron chi connectivity index (χ4n) is 3.38. The molecule has 0 saturated carbocycles. The molecule has 1 aromatic rings. The minimum absolute atomic E-state index is 0. The lowest BCUT2D eigenvalue weighted by Crippen LogP contribution is -2.53. The largest absolute Gasteiger partial charge is 0.350 e.